The Kier molecular flexibility index (Phi) is 9.00. The summed E-state index contributed by atoms with van der Waals surface area (Å²) in [5, 5.41) is 12.1. The van der Waals surface area contributed by atoms with Crippen LogP contribution in [0.5, 0.6) is 0 Å². The number of furan rings is 1. The van der Waals surface area contributed by atoms with Gasteiger partial charge in [0.1, 0.15) is 9.88 Å². The fourth-order valence-corrected chi connectivity index (χ4v) is 5.73. The van der Waals surface area contributed by atoms with E-state index in [1.165, 1.54) is 11.8 Å². The van der Waals surface area contributed by atoms with E-state index < -0.39 is 11.9 Å². The third kappa shape index (κ3) is 6.22. The molecule has 1 N–H and O–H groups in total. The zero-order valence-electron chi connectivity index (χ0n) is 20.8. The summed E-state index contributed by atoms with van der Waals surface area (Å²) in [7, 11) is 0. The monoisotopic (exact) mass is 548 g/mol. The van der Waals surface area contributed by atoms with Crippen molar-refractivity contribution in [2.75, 3.05) is 30.9 Å². The first-order chi connectivity index (χ1) is 17.9. The lowest BCUT2D eigenvalue weighted by Gasteiger charge is -2.14. The lowest BCUT2D eigenvalue weighted by Crippen LogP contribution is -2.18. The molecular weight excluding hydrogens is 520 g/mol. The smallest absolute Gasteiger partial charge is 0.348 e. The molecule has 37 heavy (non-hydrogen) atoms. The highest BCUT2D eigenvalue weighted by Gasteiger charge is 2.28. The zero-order chi connectivity index (χ0) is 26.4. The minimum absolute atomic E-state index is 0.00420. The Morgan fingerprint density at radius 1 is 1.22 bits per heavy atom. The van der Waals surface area contributed by atoms with Crippen LogP contribution in [-0.4, -0.2) is 64.3 Å². The summed E-state index contributed by atoms with van der Waals surface area (Å²) >= 11 is 2.19. The van der Waals surface area contributed by atoms with Crippen molar-refractivity contribution in [3.05, 3.63) is 34.4 Å². The highest BCUT2D eigenvalue weighted by molar-refractivity contribution is 7.99. The Labute approximate surface area is 221 Å². The van der Waals surface area contributed by atoms with Crippen LogP contribution < -0.4 is 5.32 Å². The number of esters is 2. The number of thioether (sulfide) groups is 1. The lowest BCUT2D eigenvalue weighted by molar-refractivity contribution is -0.113. The molecule has 4 heterocycles. The quantitative estimate of drug-likeness (QED) is 0.275. The number of rotatable bonds is 11. The summed E-state index contributed by atoms with van der Waals surface area (Å²) in [6.45, 7) is 6.60. The standard InChI is InChI=1S/C24H28N4O7S2/c1-4-32-22(30)18-14(3)19(23(31)33-5-2)37-21(18)25-17(29)13-36-24-27-26-20(16-9-7-11-35-16)28(24)12-15-8-6-10-34-15/h7,9,11,15H,4-6,8,10,12-13H2,1-3H3,(H,25,29). The van der Waals surface area contributed by atoms with E-state index in [0.717, 1.165) is 24.2 Å². The first-order valence-corrected chi connectivity index (χ1v) is 13.7. The summed E-state index contributed by atoms with van der Waals surface area (Å²) in [6.07, 6.45) is 3.51. The number of carbonyl (C=O) groups excluding carboxylic acids is 3. The first-order valence-electron chi connectivity index (χ1n) is 11.9. The highest BCUT2D eigenvalue weighted by atomic mass is 32.2. The van der Waals surface area contributed by atoms with Gasteiger partial charge in [0.2, 0.25) is 11.7 Å². The van der Waals surface area contributed by atoms with Crippen molar-refractivity contribution in [2.45, 2.75) is 51.4 Å². The third-order valence-corrected chi connectivity index (χ3v) is 7.70. The van der Waals surface area contributed by atoms with E-state index in [9.17, 15) is 14.4 Å². The number of carbonyl (C=O) groups is 3. The minimum atomic E-state index is -0.617. The second kappa shape index (κ2) is 12.4. The van der Waals surface area contributed by atoms with Gasteiger partial charge in [-0.2, -0.15) is 0 Å². The Bertz CT molecular complexity index is 1250. The molecule has 1 atom stereocenters. The predicted molar refractivity (Wildman–Crippen MR) is 137 cm³/mol. The molecule has 0 spiro atoms. The van der Waals surface area contributed by atoms with Crippen LogP contribution in [0, 0.1) is 6.92 Å². The van der Waals surface area contributed by atoms with Crippen molar-refractivity contribution < 1.29 is 33.0 Å². The SMILES string of the molecule is CCOC(=O)c1sc(NC(=O)CSc2nnc(-c3ccco3)n2CC2CCCO2)c(C(=O)OCC)c1C. The van der Waals surface area contributed by atoms with Crippen LogP contribution in [0.3, 0.4) is 0 Å². The third-order valence-electron chi connectivity index (χ3n) is 5.54. The van der Waals surface area contributed by atoms with Crippen molar-refractivity contribution in [1.82, 2.24) is 14.8 Å². The average Bonchev–Trinajstić information content (AvgIpc) is 3.67. The number of hydrogen-bond acceptors (Lipinski definition) is 11. The molecule has 0 bridgehead atoms. The largest absolute Gasteiger partial charge is 0.462 e. The first kappa shape index (κ1) is 26.9. The predicted octanol–water partition coefficient (Wildman–Crippen LogP) is 4.17. The maximum atomic E-state index is 12.9. The number of amides is 1. The van der Waals surface area contributed by atoms with E-state index in [2.05, 4.69) is 15.5 Å². The summed E-state index contributed by atoms with van der Waals surface area (Å²) in [4.78, 5) is 38.1. The van der Waals surface area contributed by atoms with Gasteiger partial charge < -0.3 is 23.9 Å². The Morgan fingerprint density at radius 2 is 2.00 bits per heavy atom. The van der Waals surface area contributed by atoms with Gasteiger partial charge >= 0.3 is 11.9 Å². The van der Waals surface area contributed by atoms with Crippen molar-refractivity contribution in [3.63, 3.8) is 0 Å². The molecule has 0 radical (unpaired) electrons. The molecule has 0 aliphatic carbocycles. The average molecular weight is 549 g/mol. The topological polar surface area (TPSA) is 135 Å². The van der Waals surface area contributed by atoms with E-state index >= 15 is 0 Å². The fourth-order valence-electron chi connectivity index (χ4n) is 3.87. The van der Waals surface area contributed by atoms with Crippen molar-refractivity contribution in [3.8, 4) is 11.6 Å². The van der Waals surface area contributed by atoms with Gasteiger partial charge in [0, 0.05) is 6.61 Å². The number of nitrogens with one attached hydrogen (secondary N) is 1. The Hall–Kier alpha value is -3.16. The van der Waals surface area contributed by atoms with E-state index in [1.54, 1.807) is 39.2 Å². The highest BCUT2D eigenvalue weighted by Crippen LogP contribution is 2.35. The number of aromatic nitrogens is 3. The van der Waals surface area contributed by atoms with Crippen LogP contribution in [0.25, 0.3) is 11.6 Å². The Morgan fingerprint density at radius 3 is 2.68 bits per heavy atom. The van der Waals surface area contributed by atoms with E-state index in [1.807, 2.05) is 4.57 Å². The van der Waals surface area contributed by atoms with Crippen LogP contribution >= 0.6 is 23.1 Å². The van der Waals surface area contributed by atoms with Crippen molar-refractivity contribution in [2.24, 2.45) is 0 Å². The summed E-state index contributed by atoms with van der Waals surface area (Å²) in [6, 6.07) is 3.57. The van der Waals surface area contributed by atoms with Crippen LogP contribution in [0.15, 0.2) is 28.0 Å². The van der Waals surface area contributed by atoms with Crippen molar-refractivity contribution >= 4 is 45.9 Å². The molecule has 0 aromatic carbocycles. The van der Waals surface area contributed by atoms with Gasteiger partial charge in [-0.05, 0) is 51.3 Å². The second-order valence-corrected chi connectivity index (χ2v) is 10.0. The molecule has 0 saturated carbocycles. The van der Waals surface area contributed by atoms with Gasteiger partial charge in [0.25, 0.3) is 0 Å². The van der Waals surface area contributed by atoms with Gasteiger partial charge in [-0.15, -0.1) is 21.5 Å². The maximum absolute atomic E-state index is 12.9. The lowest BCUT2D eigenvalue weighted by atomic mass is 10.1. The van der Waals surface area contributed by atoms with Gasteiger partial charge in [-0.25, -0.2) is 9.59 Å². The minimum Gasteiger partial charge on any atom is -0.462 e. The molecule has 4 rings (SSSR count). The normalized spacial score (nSPS) is 15.1. The van der Waals surface area contributed by atoms with Gasteiger partial charge in [-0.3, -0.25) is 9.36 Å². The molecule has 1 amide bonds. The van der Waals surface area contributed by atoms with Gasteiger partial charge in [0.05, 0.1) is 43.4 Å². The van der Waals surface area contributed by atoms with E-state index in [4.69, 9.17) is 18.6 Å². The summed E-state index contributed by atoms with van der Waals surface area (Å²) in [5.74, 6) is -0.427. The molecule has 11 nitrogen and oxygen atoms in total. The second-order valence-electron chi connectivity index (χ2n) is 8.07. The van der Waals surface area contributed by atoms with Crippen LogP contribution in [0.2, 0.25) is 0 Å². The number of anilines is 1. The molecule has 1 aliphatic heterocycles. The fraction of sp³-hybridized carbons (Fsp3) is 0.458. The molecule has 1 aliphatic rings. The Balaban J connectivity index is 1.51. The summed E-state index contributed by atoms with van der Waals surface area (Å²) in [5.41, 5.74) is 0.555. The van der Waals surface area contributed by atoms with Gasteiger partial charge in [-0.1, -0.05) is 11.8 Å². The zero-order valence-corrected chi connectivity index (χ0v) is 22.4. The van der Waals surface area contributed by atoms with Crippen molar-refractivity contribution in [1.29, 1.82) is 0 Å². The van der Waals surface area contributed by atoms with E-state index in [0.29, 0.717) is 35.5 Å². The number of nitrogens with zero attached hydrogens (tertiary/aromatic N) is 3. The number of ether oxygens (including phenoxy) is 3. The van der Waals surface area contributed by atoms with Crippen LogP contribution in [0.1, 0.15) is 52.3 Å². The van der Waals surface area contributed by atoms with Gasteiger partial charge in [0.15, 0.2) is 10.9 Å². The number of thiophene rings is 1. The van der Waals surface area contributed by atoms with Crippen LogP contribution in [-0.2, 0) is 25.5 Å². The van der Waals surface area contributed by atoms with Crippen LogP contribution in [0.4, 0.5) is 5.00 Å². The molecule has 198 valence electrons. The maximum Gasteiger partial charge on any atom is 0.348 e. The summed E-state index contributed by atoms with van der Waals surface area (Å²) < 4.78 is 23.4. The molecular formula is C24H28N4O7S2. The molecule has 3 aromatic heterocycles. The number of hydrogen-bond donors (Lipinski definition) is 1. The molecule has 3 aromatic rings. The molecule has 13 heteroatoms. The molecule has 1 unspecified atom stereocenters. The molecule has 1 fully saturated rings. The molecule has 1 saturated heterocycles. The van der Waals surface area contributed by atoms with E-state index in [-0.39, 0.29) is 46.4 Å².